The number of ketones is 2. The first-order valence-corrected chi connectivity index (χ1v) is 6.82. The van der Waals surface area contributed by atoms with Gasteiger partial charge in [0.1, 0.15) is 11.8 Å². The van der Waals surface area contributed by atoms with Crippen LogP contribution in [0.2, 0.25) is 0 Å². The van der Waals surface area contributed by atoms with Gasteiger partial charge in [-0.3, -0.25) is 19.2 Å². The molecule has 0 N–H and O–H groups in total. The third kappa shape index (κ3) is 5.10. The Balaban J connectivity index is 5.01. The van der Waals surface area contributed by atoms with Crippen molar-refractivity contribution in [2.24, 2.45) is 11.8 Å². The topological polar surface area (TPSA) is 77.5 Å². The van der Waals surface area contributed by atoms with Crippen LogP contribution >= 0.6 is 0 Å². The van der Waals surface area contributed by atoms with Gasteiger partial charge in [-0.1, -0.05) is 27.0 Å². The van der Waals surface area contributed by atoms with Gasteiger partial charge >= 0.3 is 11.9 Å². The summed E-state index contributed by atoms with van der Waals surface area (Å²) in [5, 5.41) is 0. The second-order valence-corrected chi connectivity index (χ2v) is 4.95. The second kappa shape index (κ2) is 8.29. The number of esters is 2. The fraction of sp³-hybridized carbons (Fsp3) is 0.500. The van der Waals surface area contributed by atoms with E-state index in [0.717, 1.165) is 0 Å². The van der Waals surface area contributed by atoms with Crippen molar-refractivity contribution in [3.05, 3.63) is 24.3 Å². The second-order valence-electron chi connectivity index (χ2n) is 4.95. The van der Waals surface area contributed by atoms with Crippen LogP contribution < -0.4 is 0 Å². The van der Waals surface area contributed by atoms with Crippen LogP contribution in [0.4, 0.5) is 0 Å². The van der Waals surface area contributed by atoms with E-state index in [1.807, 2.05) is 0 Å². The van der Waals surface area contributed by atoms with Crippen LogP contribution in [-0.4, -0.2) is 23.5 Å². The minimum absolute atomic E-state index is 0.197. The highest BCUT2D eigenvalue weighted by molar-refractivity contribution is 6.12. The average Bonchev–Trinajstić information content (AvgIpc) is 2.39. The molecule has 0 aliphatic rings. The summed E-state index contributed by atoms with van der Waals surface area (Å²) in [7, 11) is 0. The highest BCUT2D eigenvalue weighted by Gasteiger charge is 2.33. The summed E-state index contributed by atoms with van der Waals surface area (Å²) in [5.74, 6) is -4.94. The van der Waals surface area contributed by atoms with Gasteiger partial charge in [-0.15, -0.1) is 0 Å². The number of allylic oxidation sites excluding steroid dienone is 2. The normalized spacial score (nSPS) is 13.0. The first-order valence-electron chi connectivity index (χ1n) is 6.82. The molecule has 0 aromatic heterocycles. The van der Waals surface area contributed by atoms with Crippen molar-refractivity contribution in [3.63, 3.8) is 0 Å². The zero-order valence-electron chi connectivity index (χ0n) is 13.0. The molecule has 0 aromatic carbocycles. The molecule has 0 aromatic rings. The van der Waals surface area contributed by atoms with Gasteiger partial charge < -0.3 is 4.74 Å². The van der Waals surface area contributed by atoms with E-state index in [0.29, 0.717) is 0 Å². The smallest absolute Gasteiger partial charge is 0.324 e. The fourth-order valence-electron chi connectivity index (χ4n) is 1.75. The Kier molecular flexibility index (Phi) is 7.49. The zero-order valence-corrected chi connectivity index (χ0v) is 13.0. The summed E-state index contributed by atoms with van der Waals surface area (Å²) in [6.07, 6.45) is 0.395. The molecule has 0 saturated heterocycles. The maximum atomic E-state index is 11.9. The standard InChI is InChI=1S/C16H22O5/c1-7-11(13(17)9(3)4)15(19)21-16(20)12(8-2)14(18)10(5)6/h11-12H,3,5,7-8H2,1-2,4,6H3. The van der Waals surface area contributed by atoms with E-state index >= 15 is 0 Å². The third-order valence-corrected chi connectivity index (χ3v) is 3.06. The van der Waals surface area contributed by atoms with Crippen LogP contribution in [0.5, 0.6) is 0 Å². The van der Waals surface area contributed by atoms with E-state index in [4.69, 9.17) is 4.74 Å². The molecule has 21 heavy (non-hydrogen) atoms. The van der Waals surface area contributed by atoms with Crippen molar-refractivity contribution in [1.82, 2.24) is 0 Å². The summed E-state index contributed by atoms with van der Waals surface area (Å²) >= 11 is 0. The van der Waals surface area contributed by atoms with Crippen molar-refractivity contribution in [2.75, 3.05) is 0 Å². The highest BCUT2D eigenvalue weighted by Crippen LogP contribution is 2.16. The molecule has 0 saturated carbocycles. The van der Waals surface area contributed by atoms with E-state index in [-0.39, 0.29) is 24.0 Å². The van der Waals surface area contributed by atoms with Crippen molar-refractivity contribution >= 4 is 23.5 Å². The van der Waals surface area contributed by atoms with Gasteiger partial charge in [0.25, 0.3) is 0 Å². The van der Waals surface area contributed by atoms with Gasteiger partial charge in [-0.2, -0.15) is 0 Å². The van der Waals surface area contributed by atoms with E-state index in [1.54, 1.807) is 13.8 Å². The molecule has 2 atom stereocenters. The molecule has 5 heteroatoms. The minimum atomic E-state index is -1.07. The van der Waals surface area contributed by atoms with Gasteiger partial charge in [0.15, 0.2) is 11.6 Å². The number of rotatable bonds is 8. The molecule has 0 fully saturated rings. The molecule has 116 valence electrons. The molecular weight excluding hydrogens is 272 g/mol. The number of Topliss-reactive ketones (excluding diaryl/α,β-unsaturated/α-hetero) is 2. The summed E-state index contributed by atoms with van der Waals surface area (Å²) in [6, 6.07) is 0. The molecule has 0 heterocycles. The predicted octanol–water partition coefficient (Wildman–Crippen LogP) is 2.40. The Labute approximate surface area is 125 Å². The van der Waals surface area contributed by atoms with Crippen molar-refractivity contribution < 1.29 is 23.9 Å². The monoisotopic (exact) mass is 294 g/mol. The third-order valence-electron chi connectivity index (χ3n) is 3.06. The van der Waals surface area contributed by atoms with Crippen LogP contribution in [0.1, 0.15) is 40.5 Å². The zero-order chi connectivity index (χ0) is 16.7. The first kappa shape index (κ1) is 19.0. The van der Waals surface area contributed by atoms with Crippen LogP contribution in [0.15, 0.2) is 24.3 Å². The molecule has 0 aliphatic heterocycles. The Morgan fingerprint density at radius 1 is 0.810 bits per heavy atom. The lowest BCUT2D eigenvalue weighted by Gasteiger charge is -2.15. The van der Waals surface area contributed by atoms with Crippen molar-refractivity contribution in [2.45, 2.75) is 40.5 Å². The summed E-state index contributed by atoms with van der Waals surface area (Å²) in [6.45, 7) is 13.2. The van der Waals surface area contributed by atoms with Gasteiger partial charge in [0.2, 0.25) is 0 Å². The number of carbonyl (C=O) groups excluding carboxylic acids is 4. The molecule has 0 bridgehead atoms. The minimum Gasteiger partial charge on any atom is -0.392 e. The van der Waals surface area contributed by atoms with E-state index in [9.17, 15) is 19.2 Å². The van der Waals surface area contributed by atoms with Gasteiger partial charge in [-0.05, 0) is 37.8 Å². The lowest BCUT2D eigenvalue weighted by molar-refractivity contribution is -0.166. The molecule has 0 amide bonds. The molecular formula is C16H22O5. The van der Waals surface area contributed by atoms with Gasteiger partial charge in [0.05, 0.1) is 0 Å². The number of hydrogen-bond donors (Lipinski definition) is 0. The molecule has 5 nitrogen and oxygen atoms in total. The van der Waals surface area contributed by atoms with Crippen molar-refractivity contribution in [3.8, 4) is 0 Å². The Morgan fingerprint density at radius 2 is 1.10 bits per heavy atom. The number of hydrogen-bond acceptors (Lipinski definition) is 5. The predicted molar refractivity (Wildman–Crippen MR) is 78.3 cm³/mol. The Morgan fingerprint density at radius 3 is 1.29 bits per heavy atom. The SMILES string of the molecule is C=C(C)C(=O)C(CC)C(=O)OC(=O)C(CC)C(=O)C(=C)C. The van der Waals surface area contributed by atoms with E-state index < -0.39 is 35.3 Å². The molecule has 2 unspecified atom stereocenters. The van der Waals surface area contributed by atoms with Gasteiger partial charge in [-0.25, -0.2) is 0 Å². The Bertz CT molecular complexity index is 443. The molecule has 0 spiro atoms. The largest absolute Gasteiger partial charge is 0.392 e. The summed E-state index contributed by atoms with van der Waals surface area (Å²) < 4.78 is 4.70. The lowest BCUT2D eigenvalue weighted by Crippen LogP contribution is -2.33. The van der Waals surface area contributed by atoms with Crippen molar-refractivity contribution in [1.29, 1.82) is 0 Å². The number of ether oxygens (including phenoxy) is 1. The Hall–Kier alpha value is -2.04. The van der Waals surface area contributed by atoms with Crippen LogP contribution in [-0.2, 0) is 23.9 Å². The van der Waals surface area contributed by atoms with Crippen LogP contribution in [0.25, 0.3) is 0 Å². The maximum Gasteiger partial charge on any atom is 0.324 e. The summed E-state index contributed by atoms with van der Waals surface area (Å²) in [5.41, 5.74) is 0.438. The molecule has 0 aliphatic carbocycles. The highest BCUT2D eigenvalue weighted by atomic mass is 16.6. The molecule has 0 rings (SSSR count). The lowest BCUT2D eigenvalue weighted by atomic mass is 9.95. The van der Waals surface area contributed by atoms with Gasteiger partial charge in [0, 0.05) is 0 Å². The summed E-state index contributed by atoms with van der Waals surface area (Å²) in [4.78, 5) is 47.4. The quantitative estimate of drug-likeness (QED) is 0.390. The molecule has 0 radical (unpaired) electrons. The van der Waals surface area contributed by atoms with Crippen LogP contribution in [0, 0.1) is 11.8 Å². The van der Waals surface area contributed by atoms with E-state index in [1.165, 1.54) is 13.8 Å². The van der Waals surface area contributed by atoms with Crippen LogP contribution in [0.3, 0.4) is 0 Å². The van der Waals surface area contributed by atoms with E-state index in [2.05, 4.69) is 13.2 Å². The maximum absolute atomic E-state index is 11.9. The average molecular weight is 294 g/mol. The number of carbonyl (C=O) groups is 4. The first-order chi connectivity index (χ1) is 9.67. The fourth-order valence-corrected chi connectivity index (χ4v) is 1.75.